The minimum Gasteiger partial charge on any atom is -0.368 e. The topological polar surface area (TPSA) is 108 Å². The zero-order chi connectivity index (χ0) is 32.4. The smallest absolute Gasteiger partial charge is 0.368 e. The Kier molecular flexibility index (Phi) is 10.4. The lowest BCUT2D eigenvalue weighted by molar-refractivity contribution is -0.137. The molecule has 10 nitrogen and oxygen atoms in total. The quantitative estimate of drug-likeness (QED) is 0.445. The number of aromatic nitrogens is 2. The van der Waals surface area contributed by atoms with E-state index < -0.39 is 27.9 Å². The number of ether oxygens (including phenoxy) is 1. The van der Waals surface area contributed by atoms with Crippen LogP contribution in [0.1, 0.15) is 78.2 Å². The van der Waals surface area contributed by atoms with Crippen molar-refractivity contribution in [2.75, 3.05) is 51.3 Å². The van der Waals surface area contributed by atoms with Gasteiger partial charge in [-0.3, -0.25) is 4.79 Å². The van der Waals surface area contributed by atoms with Crippen LogP contribution in [0, 0.1) is 6.92 Å². The molecular formula is C31H43F3N6O4S. The summed E-state index contributed by atoms with van der Waals surface area (Å²) in [5.74, 6) is 0.401. The fourth-order valence-corrected chi connectivity index (χ4v) is 7.49. The predicted octanol–water partition coefficient (Wildman–Crippen LogP) is 4.49. The standard InChI is InChI=1S/C31H43F3N6O4S/c1-21-28(30(41)40-16-12-25(13-17-40)39-14-10-24(11-15-39)38(2)45(3,42)43)36-20-37-29(21)35-19-26-8-5-9-27(44-26)22-6-4-7-23(18-22)31(32,33)34/h4,6-7,18,20,24-27H,5,8-17,19H2,1-3H3,(H,35,36,37)/t26?,27-/m0/s1. The summed E-state index contributed by atoms with van der Waals surface area (Å²) in [4.78, 5) is 26.4. The van der Waals surface area contributed by atoms with Gasteiger partial charge in [-0.25, -0.2) is 22.7 Å². The summed E-state index contributed by atoms with van der Waals surface area (Å²) >= 11 is 0. The third kappa shape index (κ3) is 8.13. The fraction of sp³-hybridized carbons (Fsp3) is 0.645. The lowest BCUT2D eigenvalue weighted by Crippen LogP contribution is -2.52. The highest BCUT2D eigenvalue weighted by Crippen LogP contribution is 2.35. The van der Waals surface area contributed by atoms with Gasteiger partial charge in [-0.05, 0) is 82.7 Å². The second kappa shape index (κ2) is 13.9. The molecule has 3 aliphatic rings. The molecule has 3 fully saturated rings. The Bertz CT molecular complexity index is 1440. The Labute approximate surface area is 263 Å². The van der Waals surface area contributed by atoms with E-state index in [1.54, 1.807) is 13.1 Å². The number of likely N-dealkylation sites (tertiary alicyclic amines) is 2. The number of hydrogen-bond acceptors (Lipinski definition) is 8. The molecule has 1 unspecified atom stereocenters. The number of benzene rings is 1. The van der Waals surface area contributed by atoms with Gasteiger partial charge >= 0.3 is 6.18 Å². The number of carbonyl (C=O) groups is 1. The van der Waals surface area contributed by atoms with Crippen LogP contribution in [0.3, 0.4) is 0 Å². The number of nitrogens with one attached hydrogen (secondary N) is 1. The third-order valence-electron chi connectivity index (χ3n) is 9.52. The highest BCUT2D eigenvalue weighted by atomic mass is 32.2. The molecule has 0 bridgehead atoms. The molecule has 3 saturated heterocycles. The first-order chi connectivity index (χ1) is 21.3. The number of amides is 1. The van der Waals surface area contributed by atoms with E-state index in [1.165, 1.54) is 29.0 Å². The second-order valence-electron chi connectivity index (χ2n) is 12.4. The van der Waals surface area contributed by atoms with E-state index >= 15 is 0 Å². The Morgan fingerprint density at radius 1 is 1.07 bits per heavy atom. The van der Waals surface area contributed by atoms with Crippen LogP contribution in [-0.4, -0.2) is 103 Å². The largest absolute Gasteiger partial charge is 0.416 e. The molecule has 0 radical (unpaired) electrons. The highest BCUT2D eigenvalue weighted by molar-refractivity contribution is 7.88. The van der Waals surface area contributed by atoms with E-state index in [9.17, 15) is 26.4 Å². The van der Waals surface area contributed by atoms with Crippen molar-refractivity contribution in [2.45, 2.75) is 82.3 Å². The summed E-state index contributed by atoms with van der Waals surface area (Å²) in [5.41, 5.74) is 0.837. The van der Waals surface area contributed by atoms with E-state index in [2.05, 4.69) is 20.2 Å². The van der Waals surface area contributed by atoms with E-state index in [0.29, 0.717) is 54.7 Å². The van der Waals surface area contributed by atoms with Gasteiger partial charge in [0.25, 0.3) is 5.91 Å². The van der Waals surface area contributed by atoms with Crippen molar-refractivity contribution < 1.29 is 31.1 Å². The number of rotatable bonds is 8. The average molecular weight is 653 g/mol. The van der Waals surface area contributed by atoms with Crippen molar-refractivity contribution in [2.24, 2.45) is 0 Å². The number of sulfonamides is 1. The third-order valence-corrected chi connectivity index (χ3v) is 10.9. The van der Waals surface area contributed by atoms with Crippen LogP contribution in [0.5, 0.6) is 0 Å². The summed E-state index contributed by atoms with van der Waals surface area (Å²) in [7, 11) is -1.55. The molecule has 14 heteroatoms. The zero-order valence-electron chi connectivity index (χ0n) is 26.1. The predicted molar refractivity (Wildman–Crippen MR) is 164 cm³/mol. The van der Waals surface area contributed by atoms with E-state index in [1.807, 2.05) is 11.8 Å². The molecule has 1 N–H and O–H groups in total. The van der Waals surface area contributed by atoms with Crippen LogP contribution < -0.4 is 5.32 Å². The molecule has 1 aromatic heterocycles. The molecule has 2 atom stereocenters. The lowest BCUT2D eigenvalue weighted by atomic mass is 9.97. The highest BCUT2D eigenvalue weighted by Gasteiger charge is 2.34. The Hall–Kier alpha value is -2.81. The van der Waals surface area contributed by atoms with Crippen molar-refractivity contribution in [3.8, 4) is 0 Å². The SMILES string of the molecule is Cc1c(NCC2CCC[C@@H](c3cccc(C(F)(F)F)c3)O2)ncnc1C(=O)N1CCC(N2CCC(N(C)S(C)(=O)=O)CC2)CC1. The van der Waals surface area contributed by atoms with Crippen LogP contribution in [0.15, 0.2) is 30.6 Å². The second-order valence-corrected chi connectivity index (χ2v) is 14.5. The molecule has 0 saturated carbocycles. The van der Waals surface area contributed by atoms with Gasteiger partial charge < -0.3 is 19.9 Å². The molecule has 4 heterocycles. The van der Waals surface area contributed by atoms with Crippen molar-refractivity contribution in [3.05, 3.63) is 53.0 Å². The van der Waals surface area contributed by atoms with Crippen molar-refractivity contribution in [1.82, 2.24) is 24.1 Å². The number of anilines is 1. The molecule has 248 valence electrons. The van der Waals surface area contributed by atoms with Gasteiger partial charge in [0, 0.05) is 44.3 Å². The van der Waals surface area contributed by atoms with Gasteiger partial charge in [0.05, 0.1) is 24.0 Å². The Balaban J connectivity index is 1.12. The maximum atomic E-state index is 13.5. The Morgan fingerprint density at radius 3 is 2.44 bits per heavy atom. The first-order valence-corrected chi connectivity index (χ1v) is 17.5. The number of carbonyl (C=O) groups excluding carboxylic acids is 1. The van der Waals surface area contributed by atoms with Crippen molar-refractivity contribution >= 4 is 21.7 Å². The molecule has 45 heavy (non-hydrogen) atoms. The van der Waals surface area contributed by atoms with Crippen molar-refractivity contribution in [3.63, 3.8) is 0 Å². The van der Waals surface area contributed by atoms with Gasteiger partial charge in [-0.15, -0.1) is 0 Å². The molecule has 3 aliphatic heterocycles. The number of piperidine rings is 2. The van der Waals surface area contributed by atoms with E-state index in [4.69, 9.17) is 4.74 Å². The van der Waals surface area contributed by atoms with E-state index in [-0.39, 0.29) is 18.1 Å². The van der Waals surface area contributed by atoms with Gasteiger partial charge in [0.15, 0.2) is 0 Å². The molecular weight excluding hydrogens is 609 g/mol. The summed E-state index contributed by atoms with van der Waals surface area (Å²) in [6.45, 7) is 5.14. The number of hydrogen-bond donors (Lipinski definition) is 1. The normalized spacial score (nSPS) is 23.0. The van der Waals surface area contributed by atoms with Crippen LogP contribution in [0.2, 0.25) is 0 Å². The molecule has 0 spiro atoms. The zero-order valence-corrected chi connectivity index (χ0v) is 26.9. The minimum atomic E-state index is -4.40. The molecule has 0 aliphatic carbocycles. The molecule has 1 aromatic carbocycles. The summed E-state index contributed by atoms with van der Waals surface area (Å²) in [5, 5.41) is 3.28. The first-order valence-electron chi connectivity index (χ1n) is 15.7. The lowest BCUT2D eigenvalue weighted by Gasteiger charge is -2.43. The van der Waals surface area contributed by atoms with Crippen molar-refractivity contribution in [1.29, 1.82) is 0 Å². The Morgan fingerprint density at radius 2 is 1.78 bits per heavy atom. The summed E-state index contributed by atoms with van der Waals surface area (Å²) in [6.07, 6.45) is 3.12. The summed E-state index contributed by atoms with van der Waals surface area (Å²) < 4.78 is 71.1. The molecule has 1 amide bonds. The fourth-order valence-electron chi connectivity index (χ4n) is 6.73. The van der Waals surface area contributed by atoms with Gasteiger partial charge in [0.1, 0.15) is 17.8 Å². The maximum Gasteiger partial charge on any atom is 0.416 e. The van der Waals surface area contributed by atoms with Crippen LogP contribution >= 0.6 is 0 Å². The number of halogens is 3. The summed E-state index contributed by atoms with van der Waals surface area (Å²) in [6, 6.07) is 5.71. The minimum absolute atomic E-state index is 0.0305. The van der Waals surface area contributed by atoms with Gasteiger partial charge in [-0.1, -0.05) is 12.1 Å². The van der Waals surface area contributed by atoms with Crippen LogP contribution in [-0.2, 0) is 20.9 Å². The monoisotopic (exact) mass is 652 g/mol. The average Bonchev–Trinajstić information content (AvgIpc) is 3.03. The molecule has 5 rings (SSSR count). The van der Waals surface area contributed by atoms with Gasteiger partial charge in [-0.2, -0.15) is 13.2 Å². The number of nitrogens with zero attached hydrogens (tertiary/aromatic N) is 5. The van der Waals surface area contributed by atoms with Crippen LogP contribution in [0.25, 0.3) is 0 Å². The van der Waals surface area contributed by atoms with Gasteiger partial charge in [0.2, 0.25) is 10.0 Å². The number of alkyl halides is 3. The first kappa shape index (κ1) is 33.6. The van der Waals surface area contributed by atoms with Crippen LogP contribution in [0.4, 0.5) is 19.0 Å². The van der Waals surface area contributed by atoms with E-state index in [0.717, 1.165) is 57.7 Å². The maximum absolute atomic E-state index is 13.5. The molecule has 2 aromatic rings.